The summed E-state index contributed by atoms with van der Waals surface area (Å²) in [5.41, 5.74) is 1.09. The molecule has 1 aromatic carbocycles. The number of ether oxygens (including phenoxy) is 1. The summed E-state index contributed by atoms with van der Waals surface area (Å²) in [5, 5.41) is 9.02. The van der Waals surface area contributed by atoms with Gasteiger partial charge >= 0.3 is 0 Å². The van der Waals surface area contributed by atoms with Gasteiger partial charge in [0.15, 0.2) is 0 Å². The summed E-state index contributed by atoms with van der Waals surface area (Å²) in [7, 11) is 0. The molecule has 4 rings (SSSR count). The van der Waals surface area contributed by atoms with Crippen LogP contribution in [0.15, 0.2) is 54.0 Å². The van der Waals surface area contributed by atoms with Crippen LogP contribution in [0.4, 0.5) is 11.5 Å². The van der Waals surface area contributed by atoms with Crippen LogP contribution in [0.25, 0.3) is 0 Å². The molecule has 0 saturated heterocycles. The Morgan fingerprint density at radius 2 is 2.06 bits per heavy atom. The molecular formula is C24H27N5O3S. The lowest BCUT2D eigenvalue weighted by Crippen LogP contribution is -2.42. The third kappa shape index (κ3) is 6.52. The predicted molar refractivity (Wildman–Crippen MR) is 128 cm³/mol. The van der Waals surface area contributed by atoms with Crippen LogP contribution in [0.5, 0.6) is 5.75 Å². The standard InChI is InChI=1S/C24H27N5O3S/c30-22(25-12-11-23-26-13-16-33-23)17-29-14-4-1-5-15-32-20-9-3-2-7-18(20)27-21-10-6-8-19(28-21)24(29)31/h2-3,6-10,13,16H,1,4-5,11-12,14-15,17H2,(H,25,30)(H,27,28). The Hall–Kier alpha value is -3.46. The number of para-hydroxylation sites is 2. The highest BCUT2D eigenvalue weighted by Crippen LogP contribution is 2.27. The van der Waals surface area contributed by atoms with Crippen LogP contribution in [-0.4, -0.2) is 52.9 Å². The zero-order valence-corrected chi connectivity index (χ0v) is 19.1. The summed E-state index contributed by atoms with van der Waals surface area (Å²) in [6.45, 7) is 1.55. The zero-order chi connectivity index (χ0) is 22.9. The van der Waals surface area contributed by atoms with E-state index in [4.69, 9.17) is 4.74 Å². The van der Waals surface area contributed by atoms with Crippen molar-refractivity contribution in [2.75, 3.05) is 31.6 Å². The first-order valence-electron chi connectivity index (χ1n) is 11.1. The van der Waals surface area contributed by atoms with E-state index in [2.05, 4.69) is 20.6 Å². The molecule has 8 nitrogen and oxygen atoms in total. The average molecular weight is 466 g/mol. The van der Waals surface area contributed by atoms with Crippen molar-refractivity contribution in [2.24, 2.45) is 0 Å². The normalized spacial score (nSPS) is 14.4. The Morgan fingerprint density at radius 3 is 2.94 bits per heavy atom. The van der Waals surface area contributed by atoms with Crippen molar-refractivity contribution in [3.05, 3.63) is 64.7 Å². The molecule has 1 aliphatic rings. The Bertz CT molecular complexity index is 1070. The maximum Gasteiger partial charge on any atom is 0.273 e. The number of hydrogen-bond donors (Lipinski definition) is 2. The van der Waals surface area contributed by atoms with Crippen LogP contribution < -0.4 is 15.4 Å². The van der Waals surface area contributed by atoms with Gasteiger partial charge in [0.05, 0.1) is 23.8 Å². The third-order valence-corrected chi connectivity index (χ3v) is 6.05. The molecule has 3 aromatic rings. The van der Waals surface area contributed by atoms with E-state index in [0.717, 1.165) is 35.7 Å². The lowest BCUT2D eigenvalue weighted by molar-refractivity contribution is -0.121. The summed E-state index contributed by atoms with van der Waals surface area (Å²) in [4.78, 5) is 36.1. The number of fused-ring (bicyclic) bond motifs is 3. The number of nitrogens with one attached hydrogen (secondary N) is 2. The SMILES string of the molecule is O=C(CN1CCCCCOc2ccccc2Nc2cccc(n2)C1=O)NCCc1nccs1. The number of carbonyl (C=O) groups is 2. The number of pyridine rings is 1. The van der Waals surface area contributed by atoms with Gasteiger partial charge in [-0.05, 0) is 43.5 Å². The Morgan fingerprint density at radius 1 is 1.15 bits per heavy atom. The maximum atomic E-state index is 13.2. The fraction of sp³-hybridized carbons (Fsp3) is 0.333. The lowest BCUT2D eigenvalue weighted by Gasteiger charge is -2.23. The Balaban J connectivity index is 1.46. The van der Waals surface area contributed by atoms with Crippen LogP contribution >= 0.6 is 11.3 Å². The van der Waals surface area contributed by atoms with Gasteiger partial charge in [-0.2, -0.15) is 0 Å². The topological polar surface area (TPSA) is 96.5 Å². The van der Waals surface area contributed by atoms with E-state index in [9.17, 15) is 9.59 Å². The molecule has 2 N–H and O–H groups in total. The van der Waals surface area contributed by atoms with Crippen molar-refractivity contribution >= 4 is 34.7 Å². The van der Waals surface area contributed by atoms with Gasteiger partial charge in [0.25, 0.3) is 5.91 Å². The number of hydrogen-bond acceptors (Lipinski definition) is 7. The van der Waals surface area contributed by atoms with E-state index < -0.39 is 0 Å². The molecule has 9 heteroatoms. The quantitative estimate of drug-likeness (QED) is 0.597. The van der Waals surface area contributed by atoms with Gasteiger partial charge in [-0.15, -0.1) is 11.3 Å². The minimum atomic E-state index is -0.254. The number of amides is 2. The fourth-order valence-electron chi connectivity index (χ4n) is 3.55. The van der Waals surface area contributed by atoms with Gasteiger partial charge < -0.3 is 20.3 Å². The van der Waals surface area contributed by atoms with Crippen LogP contribution in [-0.2, 0) is 11.2 Å². The molecule has 0 atom stereocenters. The highest BCUT2D eigenvalue weighted by Gasteiger charge is 2.20. The van der Waals surface area contributed by atoms with E-state index in [-0.39, 0.29) is 18.4 Å². The van der Waals surface area contributed by atoms with Gasteiger partial charge in [-0.3, -0.25) is 9.59 Å². The summed E-state index contributed by atoms with van der Waals surface area (Å²) >= 11 is 1.56. The highest BCUT2D eigenvalue weighted by atomic mass is 32.1. The molecule has 2 aromatic heterocycles. The molecule has 33 heavy (non-hydrogen) atoms. The van der Waals surface area contributed by atoms with Crippen LogP contribution in [0.1, 0.15) is 34.8 Å². The van der Waals surface area contributed by atoms with Crippen LogP contribution in [0.2, 0.25) is 0 Å². The number of nitrogens with zero attached hydrogens (tertiary/aromatic N) is 3. The number of aromatic nitrogens is 2. The van der Waals surface area contributed by atoms with E-state index in [1.54, 1.807) is 40.6 Å². The van der Waals surface area contributed by atoms with E-state index in [1.165, 1.54) is 0 Å². The molecular weight excluding hydrogens is 438 g/mol. The minimum Gasteiger partial charge on any atom is -0.491 e. The second kappa shape index (κ2) is 11.4. The van der Waals surface area contributed by atoms with Crippen LogP contribution in [0.3, 0.4) is 0 Å². The average Bonchev–Trinajstić information content (AvgIpc) is 3.34. The molecule has 0 fully saturated rings. The zero-order valence-electron chi connectivity index (χ0n) is 18.3. The van der Waals surface area contributed by atoms with Crippen LogP contribution in [0, 0.1) is 0 Å². The molecule has 0 aliphatic carbocycles. The highest BCUT2D eigenvalue weighted by molar-refractivity contribution is 7.09. The first kappa shape index (κ1) is 22.7. The largest absolute Gasteiger partial charge is 0.491 e. The second-order valence-electron chi connectivity index (χ2n) is 7.69. The number of rotatable bonds is 5. The molecule has 0 radical (unpaired) electrons. The molecule has 2 bridgehead atoms. The smallest absolute Gasteiger partial charge is 0.273 e. The number of carbonyl (C=O) groups excluding carboxylic acids is 2. The summed E-state index contributed by atoms with van der Waals surface area (Å²) in [6.07, 6.45) is 4.95. The number of anilines is 2. The van der Waals surface area contributed by atoms with Crippen molar-refractivity contribution in [3.63, 3.8) is 0 Å². The third-order valence-electron chi connectivity index (χ3n) is 5.21. The molecule has 3 heterocycles. The van der Waals surface area contributed by atoms with Gasteiger partial charge in [-0.1, -0.05) is 18.2 Å². The predicted octanol–water partition coefficient (Wildman–Crippen LogP) is 3.65. The summed E-state index contributed by atoms with van der Waals surface area (Å²) in [5.74, 6) is 0.855. The number of benzene rings is 1. The van der Waals surface area contributed by atoms with Crippen molar-refractivity contribution < 1.29 is 14.3 Å². The van der Waals surface area contributed by atoms with Gasteiger partial charge in [0, 0.05) is 31.1 Å². The van der Waals surface area contributed by atoms with Gasteiger partial charge in [-0.25, -0.2) is 9.97 Å². The first-order chi connectivity index (χ1) is 16.2. The minimum absolute atomic E-state index is 0.00459. The summed E-state index contributed by atoms with van der Waals surface area (Å²) < 4.78 is 5.95. The van der Waals surface area contributed by atoms with E-state index >= 15 is 0 Å². The van der Waals surface area contributed by atoms with Gasteiger partial charge in [0.1, 0.15) is 17.3 Å². The summed E-state index contributed by atoms with van der Waals surface area (Å²) in [6, 6.07) is 12.9. The lowest BCUT2D eigenvalue weighted by atomic mass is 10.2. The van der Waals surface area contributed by atoms with Crippen molar-refractivity contribution in [1.82, 2.24) is 20.2 Å². The Labute approximate surface area is 197 Å². The van der Waals surface area contributed by atoms with Crippen molar-refractivity contribution in [1.29, 1.82) is 0 Å². The molecule has 0 unspecified atom stereocenters. The fourth-order valence-corrected chi connectivity index (χ4v) is 4.17. The number of thiazole rings is 1. The van der Waals surface area contributed by atoms with Crippen molar-refractivity contribution in [3.8, 4) is 5.75 Å². The molecule has 2 amide bonds. The van der Waals surface area contributed by atoms with E-state index in [1.807, 2.05) is 29.6 Å². The van der Waals surface area contributed by atoms with Crippen molar-refractivity contribution in [2.45, 2.75) is 25.7 Å². The second-order valence-corrected chi connectivity index (χ2v) is 8.67. The molecule has 1 aliphatic heterocycles. The first-order valence-corrected chi connectivity index (χ1v) is 12.0. The molecule has 0 saturated carbocycles. The van der Waals surface area contributed by atoms with Gasteiger partial charge in [0.2, 0.25) is 5.91 Å². The maximum absolute atomic E-state index is 13.2. The monoisotopic (exact) mass is 465 g/mol. The Kier molecular flexibility index (Phi) is 7.86. The molecule has 172 valence electrons. The molecule has 0 spiro atoms. The van der Waals surface area contributed by atoms with E-state index in [0.29, 0.717) is 37.6 Å².